The van der Waals surface area contributed by atoms with E-state index in [-0.39, 0.29) is 18.0 Å². The number of aliphatic carboxylic acids is 1. The van der Waals surface area contributed by atoms with Gasteiger partial charge in [-0.1, -0.05) is 0 Å². The van der Waals surface area contributed by atoms with Crippen LogP contribution >= 0.6 is 0 Å². The molecule has 0 radical (unpaired) electrons. The van der Waals surface area contributed by atoms with Crippen LogP contribution in [0.15, 0.2) is 0 Å². The molecule has 1 rings (SSSR count). The standard InChI is InChI=1S/C11H20N2O4/c1-8(14)13-9(10(15)16)7-12-11(2)3-5-17-6-4-11/h9,12H,3-7H2,1-2H3,(H,13,14)(H,15,16). The second-order valence-corrected chi connectivity index (χ2v) is 4.65. The fourth-order valence-electron chi connectivity index (χ4n) is 1.79. The van der Waals surface area contributed by atoms with E-state index in [0.29, 0.717) is 13.2 Å². The zero-order valence-electron chi connectivity index (χ0n) is 10.3. The van der Waals surface area contributed by atoms with E-state index in [4.69, 9.17) is 9.84 Å². The van der Waals surface area contributed by atoms with E-state index in [2.05, 4.69) is 10.6 Å². The molecule has 0 spiro atoms. The van der Waals surface area contributed by atoms with E-state index in [0.717, 1.165) is 12.8 Å². The molecule has 1 unspecified atom stereocenters. The second kappa shape index (κ2) is 5.97. The molecule has 6 heteroatoms. The molecule has 0 aromatic carbocycles. The number of carboxylic acid groups (broad SMARTS) is 1. The Balaban J connectivity index is 2.45. The average Bonchev–Trinajstić information content (AvgIpc) is 2.24. The van der Waals surface area contributed by atoms with Crippen molar-refractivity contribution in [3.8, 4) is 0 Å². The van der Waals surface area contributed by atoms with Gasteiger partial charge in [-0.05, 0) is 19.8 Å². The van der Waals surface area contributed by atoms with Gasteiger partial charge in [-0.25, -0.2) is 4.79 Å². The smallest absolute Gasteiger partial charge is 0.327 e. The average molecular weight is 244 g/mol. The molecule has 1 atom stereocenters. The van der Waals surface area contributed by atoms with Gasteiger partial charge in [0.2, 0.25) is 5.91 Å². The minimum Gasteiger partial charge on any atom is -0.480 e. The molecule has 1 aliphatic rings. The summed E-state index contributed by atoms with van der Waals surface area (Å²) < 4.78 is 5.26. The van der Waals surface area contributed by atoms with Gasteiger partial charge in [0.1, 0.15) is 6.04 Å². The van der Waals surface area contributed by atoms with Crippen LogP contribution in [0.3, 0.4) is 0 Å². The van der Waals surface area contributed by atoms with E-state index < -0.39 is 12.0 Å². The lowest BCUT2D eigenvalue weighted by Gasteiger charge is -2.35. The molecular formula is C11H20N2O4. The highest BCUT2D eigenvalue weighted by molar-refractivity contribution is 5.82. The topological polar surface area (TPSA) is 87.7 Å². The van der Waals surface area contributed by atoms with Gasteiger partial charge in [0.05, 0.1) is 0 Å². The molecule has 0 aromatic heterocycles. The minimum absolute atomic E-state index is 0.107. The van der Waals surface area contributed by atoms with Crippen LogP contribution in [0.4, 0.5) is 0 Å². The van der Waals surface area contributed by atoms with E-state index in [1.165, 1.54) is 6.92 Å². The third-order valence-electron chi connectivity index (χ3n) is 3.00. The van der Waals surface area contributed by atoms with Crippen molar-refractivity contribution in [3.63, 3.8) is 0 Å². The maximum atomic E-state index is 10.9. The van der Waals surface area contributed by atoms with Crippen LogP contribution in [-0.4, -0.2) is 48.3 Å². The minimum atomic E-state index is -1.02. The van der Waals surface area contributed by atoms with Gasteiger partial charge < -0.3 is 20.5 Å². The lowest BCUT2D eigenvalue weighted by atomic mass is 9.92. The summed E-state index contributed by atoms with van der Waals surface area (Å²) in [7, 11) is 0. The first kappa shape index (κ1) is 13.9. The predicted molar refractivity (Wildman–Crippen MR) is 61.7 cm³/mol. The van der Waals surface area contributed by atoms with Crippen molar-refractivity contribution in [1.29, 1.82) is 0 Å². The first-order valence-corrected chi connectivity index (χ1v) is 5.76. The number of carbonyl (C=O) groups excluding carboxylic acids is 1. The number of carbonyl (C=O) groups is 2. The Morgan fingerprint density at radius 2 is 2.00 bits per heavy atom. The van der Waals surface area contributed by atoms with Crippen molar-refractivity contribution in [1.82, 2.24) is 10.6 Å². The third-order valence-corrected chi connectivity index (χ3v) is 3.00. The monoisotopic (exact) mass is 244 g/mol. The highest BCUT2D eigenvalue weighted by Gasteiger charge is 2.29. The number of nitrogens with one attached hydrogen (secondary N) is 2. The molecule has 6 nitrogen and oxygen atoms in total. The Hall–Kier alpha value is -1.14. The first-order chi connectivity index (χ1) is 7.93. The lowest BCUT2D eigenvalue weighted by molar-refractivity contribution is -0.141. The molecule has 0 aliphatic carbocycles. The maximum absolute atomic E-state index is 10.9. The maximum Gasteiger partial charge on any atom is 0.327 e. The van der Waals surface area contributed by atoms with E-state index in [9.17, 15) is 9.59 Å². The summed E-state index contributed by atoms with van der Waals surface area (Å²) in [4.78, 5) is 21.8. The molecule has 0 bridgehead atoms. The molecule has 1 saturated heterocycles. The summed E-state index contributed by atoms with van der Waals surface area (Å²) in [6.45, 7) is 4.95. The summed E-state index contributed by atoms with van der Waals surface area (Å²) >= 11 is 0. The Labute approximate surface area is 101 Å². The largest absolute Gasteiger partial charge is 0.480 e. The SMILES string of the molecule is CC(=O)NC(CNC1(C)CCOCC1)C(=O)O. The molecule has 0 saturated carbocycles. The van der Waals surface area contributed by atoms with E-state index in [1.807, 2.05) is 6.92 Å². The highest BCUT2D eigenvalue weighted by Crippen LogP contribution is 2.19. The van der Waals surface area contributed by atoms with Crippen LogP contribution in [-0.2, 0) is 14.3 Å². The zero-order chi connectivity index (χ0) is 12.9. The number of carboxylic acids is 1. The van der Waals surface area contributed by atoms with Crippen LogP contribution in [0.2, 0.25) is 0 Å². The number of hydrogen-bond donors (Lipinski definition) is 3. The number of rotatable bonds is 5. The van der Waals surface area contributed by atoms with Crippen molar-refractivity contribution >= 4 is 11.9 Å². The molecule has 1 aliphatic heterocycles. The fourth-order valence-corrected chi connectivity index (χ4v) is 1.79. The lowest BCUT2D eigenvalue weighted by Crippen LogP contribution is -2.54. The summed E-state index contributed by atoms with van der Waals surface area (Å²) in [5.41, 5.74) is -0.107. The van der Waals surface area contributed by atoms with Crippen molar-refractivity contribution in [2.24, 2.45) is 0 Å². The number of hydrogen-bond acceptors (Lipinski definition) is 4. The quantitative estimate of drug-likeness (QED) is 0.620. The molecule has 1 fully saturated rings. The summed E-state index contributed by atoms with van der Waals surface area (Å²) in [5.74, 6) is -1.36. The molecular weight excluding hydrogens is 224 g/mol. The van der Waals surface area contributed by atoms with Crippen molar-refractivity contribution in [3.05, 3.63) is 0 Å². The van der Waals surface area contributed by atoms with Gasteiger partial charge in [-0.2, -0.15) is 0 Å². The molecule has 3 N–H and O–H groups in total. The normalized spacial score (nSPS) is 20.6. The zero-order valence-corrected chi connectivity index (χ0v) is 10.3. The Kier molecular flexibility index (Phi) is 4.89. The summed E-state index contributed by atoms with van der Waals surface area (Å²) in [6.07, 6.45) is 1.69. The molecule has 17 heavy (non-hydrogen) atoms. The highest BCUT2D eigenvalue weighted by atomic mass is 16.5. The Morgan fingerprint density at radius 3 is 2.47 bits per heavy atom. The first-order valence-electron chi connectivity index (χ1n) is 5.76. The van der Waals surface area contributed by atoms with Crippen LogP contribution < -0.4 is 10.6 Å². The van der Waals surface area contributed by atoms with Gasteiger partial charge in [-0.3, -0.25) is 4.79 Å². The van der Waals surface area contributed by atoms with E-state index >= 15 is 0 Å². The Morgan fingerprint density at radius 1 is 1.41 bits per heavy atom. The molecule has 1 heterocycles. The van der Waals surface area contributed by atoms with Crippen molar-refractivity contribution in [2.45, 2.75) is 38.3 Å². The van der Waals surface area contributed by atoms with Crippen LogP contribution in [0.25, 0.3) is 0 Å². The third kappa shape index (κ3) is 4.70. The number of amides is 1. The van der Waals surface area contributed by atoms with Gasteiger partial charge in [0.15, 0.2) is 0 Å². The molecule has 1 amide bonds. The second-order valence-electron chi connectivity index (χ2n) is 4.65. The Bertz CT molecular complexity index is 287. The van der Waals surface area contributed by atoms with Crippen LogP contribution in [0, 0.1) is 0 Å². The molecule has 98 valence electrons. The van der Waals surface area contributed by atoms with E-state index in [1.54, 1.807) is 0 Å². The van der Waals surface area contributed by atoms with Gasteiger partial charge in [0.25, 0.3) is 0 Å². The fraction of sp³-hybridized carbons (Fsp3) is 0.818. The van der Waals surface area contributed by atoms with Gasteiger partial charge >= 0.3 is 5.97 Å². The van der Waals surface area contributed by atoms with Crippen LogP contribution in [0.1, 0.15) is 26.7 Å². The summed E-state index contributed by atoms with van der Waals surface area (Å²) in [5, 5.41) is 14.6. The predicted octanol–water partition coefficient (Wildman–Crippen LogP) is -0.266. The van der Waals surface area contributed by atoms with Gasteiger partial charge in [0, 0.05) is 32.2 Å². The molecule has 0 aromatic rings. The summed E-state index contributed by atoms with van der Waals surface area (Å²) in [6, 6.07) is -0.882. The van der Waals surface area contributed by atoms with Crippen molar-refractivity contribution in [2.75, 3.05) is 19.8 Å². The number of ether oxygens (including phenoxy) is 1. The van der Waals surface area contributed by atoms with Crippen LogP contribution in [0.5, 0.6) is 0 Å². The van der Waals surface area contributed by atoms with Crippen molar-refractivity contribution < 1.29 is 19.4 Å². The van der Waals surface area contributed by atoms with Gasteiger partial charge in [-0.15, -0.1) is 0 Å².